The molecule has 1 rings (SSSR count). The average Bonchev–Trinajstić information content (AvgIpc) is 2.43. The van der Waals surface area contributed by atoms with Crippen molar-refractivity contribution in [3.05, 3.63) is 34.6 Å². The zero-order valence-corrected chi connectivity index (χ0v) is 13.9. The Morgan fingerprint density at radius 2 is 1.90 bits per heavy atom. The minimum atomic E-state index is -0.247. The highest BCUT2D eigenvalue weighted by Gasteiger charge is 2.38. The second kappa shape index (κ2) is 7.39. The van der Waals surface area contributed by atoms with E-state index in [1.807, 2.05) is 7.05 Å². The van der Waals surface area contributed by atoms with Gasteiger partial charge in [-0.15, -0.1) is 0 Å². The van der Waals surface area contributed by atoms with E-state index in [9.17, 15) is 4.39 Å². The van der Waals surface area contributed by atoms with Crippen molar-refractivity contribution in [2.75, 3.05) is 20.1 Å². The number of halogens is 2. The van der Waals surface area contributed by atoms with Gasteiger partial charge in [0.25, 0.3) is 0 Å². The van der Waals surface area contributed by atoms with Crippen molar-refractivity contribution in [3.63, 3.8) is 0 Å². The molecule has 0 amide bonds. The molecular weight excluding hydrogens is 275 g/mol. The van der Waals surface area contributed by atoms with Crippen molar-refractivity contribution < 1.29 is 4.39 Å². The number of rotatable bonds is 7. The molecule has 1 N–H and O–H groups in total. The molecule has 0 aliphatic carbocycles. The van der Waals surface area contributed by atoms with E-state index in [0.29, 0.717) is 10.6 Å². The summed E-state index contributed by atoms with van der Waals surface area (Å²) in [5, 5.41) is 3.73. The van der Waals surface area contributed by atoms with Crippen molar-refractivity contribution in [1.82, 2.24) is 10.2 Å². The fraction of sp³-hybridized carbons (Fsp3) is 0.625. The molecule has 1 aromatic rings. The lowest BCUT2D eigenvalue weighted by Gasteiger charge is -2.46. The topological polar surface area (TPSA) is 15.3 Å². The summed E-state index contributed by atoms with van der Waals surface area (Å²) in [7, 11) is 1.89. The van der Waals surface area contributed by atoms with Gasteiger partial charge in [0.15, 0.2) is 0 Å². The van der Waals surface area contributed by atoms with E-state index in [2.05, 4.69) is 37.9 Å². The summed E-state index contributed by atoms with van der Waals surface area (Å²) >= 11 is 5.86. The van der Waals surface area contributed by atoms with E-state index in [-0.39, 0.29) is 17.4 Å². The van der Waals surface area contributed by atoms with E-state index in [1.165, 1.54) is 6.07 Å². The van der Waals surface area contributed by atoms with Crippen molar-refractivity contribution in [3.8, 4) is 0 Å². The molecule has 0 saturated carbocycles. The van der Waals surface area contributed by atoms with Crippen LogP contribution in [0.25, 0.3) is 0 Å². The molecule has 0 aliphatic heterocycles. The Morgan fingerprint density at radius 1 is 1.30 bits per heavy atom. The van der Waals surface area contributed by atoms with Crippen LogP contribution in [0, 0.1) is 5.82 Å². The third-order valence-electron chi connectivity index (χ3n) is 4.39. The molecule has 0 aromatic heterocycles. The first-order valence-electron chi connectivity index (χ1n) is 7.31. The summed E-state index contributed by atoms with van der Waals surface area (Å²) in [6, 6.07) is 4.85. The molecule has 0 bridgehead atoms. The predicted octanol–water partition coefficient (Wildman–Crippen LogP) is 4.25. The predicted molar refractivity (Wildman–Crippen MR) is 84.8 cm³/mol. The molecule has 0 aliphatic rings. The van der Waals surface area contributed by atoms with E-state index in [1.54, 1.807) is 12.1 Å². The van der Waals surface area contributed by atoms with Crippen LogP contribution in [-0.2, 0) is 0 Å². The molecule has 2 unspecified atom stereocenters. The van der Waals surface area contributed by atoms with Gasteiger partial charge in [-0.1, -0.05) is 38.4 Å². The monoisotopic (exact) mass is 300 g/mol. The zero-order valence-electron chi connectivity index (χ0n) is 13.1. The lowest BCUT2D eigenvalue weighted by molar-refractivity contribution is 0.0714. The normalized spacial score (nSPS) is 16.2. The maximum absolute atomic E-state index is 14.3. The van der Waals surface area contributed by atoms with Crippen LogP contribution in [0.1, 0.15) is 45.7 Å². The molecule has 4 heteroatoms. The van der Waals surface area contributed by atoms with E-state index in [4.69, 9.17) is 11.6 Å². The maximum atomic E-state index is 14.3. The van der Waals surface area contributed by atoms with Crippen LogP contribution < -0.4 is 5.32 Å². The van der Waals surface area contributed by atoms with Gasteiger partial charge in [-0.3, -0.25) is 4.90 Å². The Kier molecular flexibility index (Phi) is 6.44. The number of hydrogen-bond donors (Lipinski definition) is 1. The molecule has 0 spiro atoms. The highest BCUT2D eigenvalue weighted by atomic mass is 35.5. The maximum Gasteiger partial charge on any atom is 0.129 e. The smallest absolute Gasteiger partial charge is 0.129 e. The highest BCUT2D eigenvalue weighted by molar-refractivity contribution is 6.30. The van der Waals surface area contributed by atoms with Crippen molar-refractivity contribution in [1.29, 1.82) is 0 Å². The summed E-state index contributed by atoms with van der Waals surface area (Å²) in [5.74, 6) is -0.247. The summed E-state index contributed by atoms with van der Waals surface area (Å²) in [5.41, 5.74) is 0.528. The van der Waals surface area contributed by atoms with Crippen LogP contribution in [0.5, 0.6) is 0 Å². The van der Waals surface area contributed by atoms with Crippen LogP contribution in [0.3, 0.4) is 0 Å². The molecule has 0 saturated heterocycles. The number of nitrogens with zero attached hydrogens (tertiary/aromatic N) is 1. The molecule has 114 valence electrons. The Bertz CT molecular complexity index is 434. The first-order valence-corrected chi connectivity index (χ1v) is 7.69. The zero-order chi connectivity index (χ0) is 15.3. The molecule has 2 atom stereocenters. The molecule has 20 heavy (non-hydrogen) atoms. The summed E-state index contributed by atoms with van der Waals surface area (Å²) in [4.78, 5) is 2.38. The molecule has 1 aromatic carbocycles. The lowest BCUT2D eigenvalue weighted by Crippen LogP contribution is -2.53. The summed E-state index contributed by atoms with van der Waals surface area (Å²) < 4.78 is 14.3. The lowest BCUT2D eigenvalue weighted by atomic mass is 9.82. The van der Waals surface area contributed by atoms with Crippen molar-refractivity contribution in [2.45, 2.75) is 45.7 Å². The first-order chi connectivity index (χ1) is 9.44. The second-order valence-corrected chi connectivity index (χ2v) is 5.71. The van der Waals surface area contributed by atoms with Crippen LogP contribution in [0.4, 0.5) is 4.39 Å². The number of nitrogens with one attached hydrogen (secondary N) is 1. The van der Waals surface area contributed by atoms with E-state index >= 15 is 0 Å². The Hall–Kier alpha value is -0.640. The van der Waals surface area contributed by atoms with Crippen LogP contribution in [0.2, 0.25) is 5.02 Å². The van der Waals surface area contributed by atoms with Gasteiger partial charge >= 0.3 is 0 Å². The first kappa shape index (κ1) is 17.4. The van der Waals surface area contributed by atoms with Gasteiger partial charge in [0.05, 0.1) is 6.04 Å². The van der Waals surface area contributed by atoms with Gasteiger partial charge in [-0.2, -0.15) is 0 Å². The second-order valence-electron chi connectivity index (χ2n) is 5.27. The van der Waals surface area contributed by atoms with Gasteiger partial charge in [0, 0.05) is 16.1 Å². The fourth-order valence-corrected chi connectivity index (χ4v) is 3.25. The standard InChI is InChI=1S/C16H26ClFN2/c1-6-16(4,20(7-2)8-3)15(19-5)13-10-9-12(17)11-14(13)18/h9-11,15,19H,6-8H2,1-5H3. The highest BCUT2D eigenvalue weighted by Crippen LogP contribution is 2.35. The van der Waals surface area contributed by atoms with Crippen molar-refractivity contribution in [2.24, 2.45) is 0 Å². The van der Waals surface area contributed by atoms with Crippen LogP contribution >= 0.6 is 11.6 Å². The van der Waals surface area contributed by atoms with Gasteiger partial charge in [0.2, 0.25) is 0 Å². The quantitative estimate of drug-likeness (QED) is 0.810. The fourth-order valence-electron chi connectivity index (χ4n) is 3.09. The number of likely N-dealkylation sites (N-methyl/N-ethyl adjacent to an activating group) is 2. The minimum absolute atomic E-state index is 0.0790. The number of hydrogen-bond acceptors (Lipinski definition) is 2. The Balaban J connectivity index is 3.27. The molecule has 0 radical (unpaired) electrons. The molecule has 2 nitrogen and oxygen atoms in total. The average molecular weight is 301 g/mol. The van der Waals surface area contributed by atoms with Crippen LogP contribution in [-0.4, -0.2) is 30.6 Å². The van der Waals surface area contributed by atoms with Gasteiger partial charge in [-0.25, -0.2) is 4.39 Å². The third-order valence-corrected chi connectivity index (χ3v) is 4.62. The third kappa shape index (κ3) is 3.33. The summed E-state index contributed by atoms with van der Waals surface area (Å²) in [6.07, 6.45) is 0.933. The number of benzene rings is 1. The van der Waals surface area contributed by atoms with Crippen molar-refractivity contribution >= 4 is 11.6 Å². The van der Waals surface area contributed by atoms with E-state index in [0.717, 1.165) is 19.5 Å². The molecule has 0 heterocycles. The SMILES string of the molecule is CCN(CC)C(C)(CC)C(NC)c1ccc(Cl)cc1F. The molecule has 0 fully saturated rings. The summed E-state index contributed by atoms with van der Waals surface area (Å²) in [6.45, 7) is 10.5. The van der Waals surface area contributed by atoms with Gasteiger partial charge < -0.3 is 5.32 Å². The van der Waals surface area contributed by atoms with Crippen LogP contribution in [0.15, 0.2) is 18.2 Å². The Labute approximate surface area is 127 Å². The largest absolute Gasteiger partial charge is 0.311 e. The molecular formula is C16H26ClFN2. The van der Waals surface area contributed by atoms with Gasteiger partial charge in [0.1, 0.15) is 5.82 Å². The Morgan fingerprint density at radius 3 is 2.30 bits per heavy atom. The van der Waals surface area contributed by atoms with Gasteiger partial charge in [-0.05, 0) is 45.6 Å². The minimum Gasteiger partial charge on any atom is -0.311 e. The van der Waals surface area contributed by atoms with E-state index < -0.39 is 0 Å².